The van der Waals surface area contributed by atoms with E-state index < -0.39 is 11.2 Å². The first-order valence-electron chi connectivity index (χ1n) is 2.25. The molecule has 0 aliphatic carbocycles. The van der Waals surface area contributed by atoms with Crippen LogP contribution in [0, 0.1) is 5.92 Å². The Morgan fingerprint density at radius 2 is 1.88 bits per heavy atom. The molecule has 0 fully saturated rings. The molecule has 46 valence electrons. The molecule has 0 bridgehead atoms. The molecule has 0 radical (unpaired) electrons. The maximum absolute atomic E-state index is 10.3. The summed E-state index contributed by atoms with van der Waals surface area (Å²) in [6, 6.07) is 0. The van der Waals surface area contributed by atoms with Crippen molar-refractivity contribution in [2.75, 3.05) is 0 Å². The first-order valence-corrected chi connectivity index (χ1v) is 2.63. The summed E-state index contributed by atoms with van der Waals surface area (Å²) in [6.45, 7) is 2.82. The first kappa shape index (κ1) is 7.63. The van der Waals surface area contributed by atoms with Crippen molar-refractivity contribution in [3.8, 4) is 0 Å². The largest absolute Gasteiger partial charge is 0.299 e. The van der Waals surface area contributed by atoms with Crippen LogP contribution >= 0.6 is 11.6 Å². The fraction of sp³-hybridized carbons (Fsp3) is 0.600. The molecule has 0 aromatic heterocycles. The predicted molar refractivity (Wildman–Crippen MR) is 30.7 cm³/mol. The van der Waals surface area contributed by atoms with Crippen molar-refractivity contribution in [3.63, 3.8) is 0 Å². The Morgan fingerprint density at radius 3 is 1.88 bits per heavy atom. The van der Waals surface area contributed by atoms with Crippen molar-refractivity contribution in [1.29, 1.82) is 0 Å². The first-order chi connectivity index (χ1) is 3.55. The van der Waals surface area contributed by atoms with Gasteiger partial charge < -0.3 is 0 Å². The molecule has 0 aromatic rings. The molecule has 0 amide bonds. The zero-order valence-electron chi connectivity index (χ0n) is 4.77. The highest BCUT2D eigenvalue weighted by Gasteiger charge is 2.13. The van der Waals surface area contributed by atoms with Gasteiger partial charge in [0.15, 0.2) is 0 Å². The number of halogens is 1. The molecule has 0 heterocycles. The summed E-state index contributed by atoms with van der Waals surface area (Å²) < 4.78 is 0. The summed E-state index contributed by atoms with van der Waals surface area (Å²) in [6.07, 6.45) is 0. The fourth-order valence-electron chi connectivity index (χ4n) is 0.160. The number of carbonyl (C=O) groups is 2. The van der Waals surface area contributed by atoms with Gasteiger partial charge in [0.2, 0.25) is 5.24 Å². The molecule has 0 spiro atoms. The second kappa shape index (κ2) is 2.82. The normalized spacial score (nSPS) is 12.9. The topological polar surface area (TPSA) is 34.1 Å². The molecule has 2 nitrogen and oxygen atoms in total. The van der Waals surface area contributed by atoms with Gasteiger partial charge in [-0.05, 0) is 25.4 Å². The second-order valence-corrected chi connectivity index (χ2v) is 2.01. The quantitative estimate of drug-likeness (QED) is 0.417. The Labute approximate surface area is 52.8 Å². The molecule has 0 aromatic carbocycles. The average molecular weight is 135 g/mol. The minimum absolute atomic E-state index is 0.190. The minimum atomic E-state index is -0.642. The Hall–Kier alpha value is -0.370. The minimum Gasteiger partial charge on any atom is -0.299 e. The van der Waals surface area contributed by atoms with Crippen molar-refractivity contribution in [2.24, 2.45) is 5.92 Å². The number of ketones is 1. The monoisotopic (exact) mass is 134 g/mol. The van der Waals surface area contributed by atoms with E-state index >= 15 is 0 Å². The Bertz CT molecular complexity index is 106. The van der Waals surface area contributed by atoms with E-state index in [9.17, 15) is 9.59 Å². The number of hydrogen-bond donors (Lipinski definition) is 0. The Balaban J connectivity index is 3.83. The van der Waals surface area contributed by atoms with Crippen LogP contribution in [0.25, 0.3) is 0 Å². The smallest absolute Gasteiger partial charge is 0.231 e. The highest BCUT2D eigenvalue weighted by atomic mass is 35.5. The van der Waals surface area contributed by atoms with Crippen LogP contribution in [0.3, 0.4) is 0 Å². The second-order valence-electron chi connectivity index (χ2n) is 1.64. The number of Topliss-reactive ketones (excluding diaryl/α,β-unsaturated/α-hetero) is 1. The van der Waals surface area contributed by atoms with Gasteiger partial charge in [-0.25, -0.2) is 0 Å². The fourth-order valence-corrected chi connectivity index (χ4v) is 0.313. The van der Waals surface area contributed by atoms with Gasteiger partial charge in [0.05, 0.1) is 5.92 Å². The van der Waals surface area contributed by atoms with Crippen LogP contribution in [0.2, 0.25) is 0 Å². The van der Waals surface area contributed by atoms with E-state index in [0.717, 1.165) is 0 Å². The number of rotatable bonds is 2. The number of hydrogen-bond acceptors (Lipinski definition) is 2. The molecule has 1 atom stereocenters. The van der Waals surface area contributed by atoms with Crippen molar-refractivity contribution >= 4 is 22.6 Å². The summed E-state index contributed by atoms with van der Waals surface area (Å²) in [7, 11) is 0. The number of carbonyl (C=O) groups excluding carboxylic acids is 2. The highest BCUT2D eigenvalue weighted by molar-refractivity contribution is 6.65. The lowest BCUT2D eigenvalue weighted by Crippen LogP contribution is -2.12. The van der Waals surface area contributed by atoms with Gasteiger partial charge >= 0.3 is 0 Å². The Morgan fingerprint density at radius 1 is 1.50 bits per heavy atom. The molecular formula is C5H7ClO2. The molecule has 3 heteroatoms. The van der Waals surface area contributed by atoms with E-state index in [0.29, 0.717) is 0 Å². The third-order valence-electron chi connectivity index (χ3n) is 0.950. The summed E-state index contributed by atoms with van der Waals surface area (Å²) in [5.74, 6) is -0.832. The van der Waals surface area contributed by atoms with E-state index in [-0.39, 0.29) is 5.78 Å². The summed E-state index contributed by atoms with van der Waals surface area (Å²) in [5, 5.41) is -0.586. The van der Waals surface area contributed by atoms with Gasteiger partial charge in [0.25, 0.3) is 0 Å². The van der Waals surface area contributed by atoms with Gasteiger partial charge in [0, 0.05) is 0 Å². The lowest BCUT2D eigenvalue weighted by atomic mass is 10.1. The van der Waals surface area contributed by atoms with E-state index in [4.69, 9.17) is 11.6 Å². The molecule has 0 N–H and O–H groups in total. The molecule has 0 saturated carbocycles. The molecule has 1 unspecified atom stereocenters. The zero-order valence-corrected chi connectivity index (χ0v) is 5.53. The van der Waals surface area contributed by atoms with Crippen LogP contribution < -0.4 is 0 Å². The molecule has 0 aliphatic rings. The molecule has 0 rings (SSSR count). The third kappa shape index (κ3) is 2.07. The lowest BCUT2D eigenvalue weighted by molar-refractivity contribution is -0.126. The van der Waals surface area contributed by atoms with Crippen LogP contribution in [0.5, 0.6) is 0 Å². The molecule has 0 aliphatic heterocycles. The lowest BCUT2D eigenvalue weighted by Gasteiger charge is -1.95. The molecule has 8 heavy (non-hydrogen) atoms. The highest BCUT2D eigenvalue weighted by Crippen LogP contribution is 2.00. The van der Waals surface area contributed by atoms with Crippen LogP contribution in [-0.4, -0.2) is 11.0 Å². The van der Waals surface area contributed by atoms with E-state index in [2.05, 4.69) is 0 Å². The van der Waals surface area contributed by atoms with E-state index in [1.54, 1.807) is 0 Å². The van der Waals surface area contributed by atoms with Crippen LogP contribution in [0.1, 0.15) is 13.8 Å². The molecular weight excluding hydrogens is 128 g/mol. The van der Waals surface area contributed by atoms with E-state index in [1.165, 1.54) is 13.8 Å². The average Bonchev–Trinajstić information content (AvgIpc) is 1.64. The van der Waals surface area contributed by atoms with Crippen LogP contribution in [-0.2, 0) is 9.59 Å². The zero-order chi connectivity index (χ0) is 6.73. The van der Waals surface area contributed by atoms with Crippen LogP contribution in [0.4, 0.5) is 0 Å². The maximum atomic E-state index is 10.3. The summed E-state index contributed by atoms with van der Waals surface area (Å²) >= 11 is 4.96. The van der Waals surface area contributed by atoms with Gasteiger partial charge in [-0.3, -0.25) is 9.59 Å². The Kier molecular flexibility index (Phi) is 2.69. The van der Waals surface area contributed by atoms with Crippen molar-refractivity contribution in [1.82, 2.24) is 0 Å². The maximum Gasteiger partial charge on any atom is 0.231 e. The van der Waals surface area contributed by atoms with Crippen molar-refractivity contribution < 1.29 is 9.59 Å². The van der Waals surface area contributed by atoms with E-state index in [1.807, 2.05) is 0 Å². The van der Waals surface area contributed by atoms with Gasteiger partial charge in [-0.2, -0.15) is 0 Å². The molecule has 0 saturated heterocycles. The predicted octanol–water partition coefficient (Wildman–Crippen LogP) is 0.977. The van der Waals surface area contributed by atoms with Gasteiger partial charge in [-0.1, -0.05) is 0 Å². The third-order valence-corrected chi connectivity index (χ3v) is 1.28. The summed E-state index contributed by atoms with van der Waals surface area (Å²) in [5.41, 5.74) is 0. The van der Waals surface area contributed by atoms with Crippen LogP contribution in [0.15, 0.2) is 0 Å². The SMILES string of the molecule is CC(=O)C(C)C(=O)Cl. The van der Waals surface area contributed by atoms with Crippen molar-refractivity contribution in [3.05, 3.63) is 0 Å². The van der Waals surface area contributed by atoms with Gasteiger partial charge in [-0.15, -0.1) is 0 Å². The van der Waals surface area contributed by atoms with Gasteiger partial charge in [0.1, 0.15) is 5.78 Å². The standard InChI is InChI=1S/C5H7ClO2/c1-3(4(2)7)5(6)8/h3H,1-2H3. The summed E-state index contributed by atoms with van der Waals surface area (Å²) in [4.78, 5) is 20.4. The van der Waals surface area contributed by atoms with Crippen molar-refractivity contribution in [2.45, 2.75) is 13.8 Å².